The molecule has 0 saturated heterocycles. The van der Waals surface area contributed by atoms with Gasteiger partial charge in [0, 0.05) is 56.5 Å². The van der Waals surface area contributed by atoms with Gasteiger partial charge in [-0.25, -0.2) is 0 Å². The Morgan fingerprint density at radius 2 is 1.92 bits per heavy atom. The average molecular weight is 538 g/mol. The van der Waals surface area contributed by atoms with E-state index in [0.717, 1.165) is 53.5 Å². The van der Waals surface area contributed by atoms with E-state index in [1.54, 1.807) is 18.9 Å². The number of likely N-dealkylation sites (N-methyl/N-ethyl adjacent to an activating group) is 1. The molecule has 2 heterocycles. The van der Waals surface area contributed by atoms with Gasteiger partial charge in [-0.3, -0.25) is 0 Å². The number of fused-ring (bicyclic) bond motifs is 2. The number of pyridine rings is 1. The fourth-order valence-corrected chi connectivity index (χ4v) is 6.16. The Morgan fingerprint density at radius 1 is 1.11 bits per heavy atom. The molecule has 0 fully saturated rings. The third kappa shape index (κ3) is 6.43. The Morgan fingerprint density at radius 3 is 2.63 bits per heavy atom. The molecule has 4 rings (SSSR count). The van der Waals surface area contributed by atoms with Crippen LogP contribution in [0.5, 0.6) is 5.75 Å². The van der Waals surface area contributed by atoms with Crippen molar-refractivity contribution in [2.24, 2.45) is 5.73 Å². The van der Waals surface area contributed by atoms with Crippen molar-refractivity contribution in [2.75, 3.05) is 77.9 Å². The molecule has 7 nitrogen and oxygen atoms in total. The van der Waals surface area contributed by atoms with Crippen molar-refractivity contribution in [1.82, 2.24) is 0 Å². The van der Waals surface area contributed by atoms with E-state index in [1.165, 1.54) is 27.0 Å². The Labute approximate surface area is 231 Å². The molecular formula is C30H43N5O2S+2. The Bertz CT molecular complexity index is 1290. The third-order valence-corrected chi connectivity index (χ3v) is 8.30. The zero-order valence-corrected chi connectivity index (χ0v) is 24.3. The second-order valence-electron chi connectivity index (χ2n) is 10.7. The Kier molecular flexibility index (Phi) is 9.20. The summed E-state index contributed by atoms with van der Waals surface area (Å²) in [4.78, 5) is 5.65. The summed E-state index contributed by atoms with van der Waals surface area (Å²) in [5, 5.41) is 11.9. The molecular weight excluding hydrogens is 494 g/mol. The van der Waals surface area contributed by atoms with E-state index in [-0.39, 0.29) is 6.61 Å². The summed E-state index contributed by atoms with van der Waals surface area (Å²) in [6.07, 6.45) is 6.32. The molecule has 0 unspecified atom stereocenters. The number of hydrogen-bond acceptors (Lipinski definition) is 6. The molecule has 3 N–H and O–H groups in total. The predicted molar refractivity (Wildman–Crippen MR) is 160 cm³/mol. The minimum atomic E-state index is 0.168. The largest absolute Gasteiger partial charge is 0.497 e. The van der Waals surface area contributed by atoms with Crippen LogP contribution in [0.15, 0.2) is 58.6 Å². The van der Waals surface area contributed by atoms with Gasteiger partial charge in [-0.2, -0.15) is 4.57 Å². The highest BCUT2D eigenvalue weighted by Crippen LogP contribution is 2.48. The fourth-order valence-electron chi connectivity index (χ4n) is 4.99. The van der Waals surface area contributed by atoms with Gasteiger partial charge in [0.15, 0.2) is 12.7 Å². The van der Waals surface area contributed by atoms with Crippen LogP contribution < -0.4 is 24.8 Å². The molecule has 2 aromatic carbocycles. The summed E-state index contributed by atoms with van der Waals surface area (Å²) in [7, 11) is 10.4. The van der Waals surface area contributed by atoms with Gasteiger partial charge in [-0.1, -0.05) is 11.8 Å². The first-order valence-electron chi connectivity index (χ1n) is 13.4. The number of benzene rings is 2. The first-order chi connectivity index (χ1) is 18.3. The van der Waals surface area contributed by atoms with Crippen LogP contribution in [0.2, 0.25) is 0 Å². The van der Waals surface area contributed by atoms with Gasteiger partial charge in [-0.05, 0) is 48.4 Å². The number of aromatic nitrogens is 1. The van der Waals surface area contributed by atoms with Gasteiger partial charge in [0.2, 0.25) is 5.52 Å². The number of aryl methyl sites for hydroxylation is 1. The molecule has 3 aromatic rings. The van der Waals surface area contributed by atoms with E-state index in [4.69, 9.17) is 10.5 Å². The first-order valence-corrected chi connectivity index (χ1v) is 14.2. The SMILES string of the molecule is COc1ccc2c(c1)S/C(=C\c1cc[n+](CCC[N+](C)(C)CCN)c3ccc(N(C)C)cc13)N2CCCO. The van der Waals surface area contributed by atoms with E-state index >= 15 is 0 Å². The number of aliphatic hydroxyl groups is 1. The predicted octanol–water partition coefficient (Wildman–Crippen LogP) is 3.92. The van der Waals surface area contributed by atoms with Crippen LogP contribution in [0.1, 0.15) is 18.4 Å². The smallest absolute Gasteiger partial charge is 0.213 e. The van der Waals surface area contributed by atoms with E-state index in [2.05, 4.69) is 91.2 Å². The standard InChI is InChI=1S/C30H43N5O2S/c1-32(2)24-8-10-27-26(21-24)23(12-16-33(27)14-6-17-35(3,4)18-13-31)20-30-34(15-7-19-36)28-11-9-25(37-5)22-29(28)38-30/h8-12,16,20-22,36H,6-7,13-15,17-19,31H2,1-5H3/q+2. The number of quaternary nitrogens is 1. The molecule has 204 valence electrons. The highest BCUT2D eigenvalue weighted by Gasteiger charge is 2.26. The van der Waals surface area contributed by atoms with Crippen LogP contribution in [0.3, 0.4) is 0 Å². The molecule has 38 heavy (non-hydrogen) atoms. The minimum Gasteiger partial charge on any atom is -0.497 e. The fraction of sp³-hybridized carbons (Fsp3) is 0.433. The molecule has 0 saturated carbocycles. The van der Waals surface area contributed by atoms with Crippen molar-refractivity contribution < 1.29 is 18.9 Å². The number of hydrogen-bond donors (Lipinski definition) is 2. The Hall–Kier alpha value is -2.78. The van der Waals surface area contributed by atoms with Crippen molar-refractivity contribution >= 4 is 40.1 Å². The highest BCUT2D eigenvalue weighted by atomic mass is 32.2. The second kappa shape index (κ2) is 12.4. The van der Waals surface area contributed by atoms with Crippen LogP contribution in [0, 0.1) is 0 Å². The summed E-state index contributed by atoms with van der Waals surface area (Å²) >= 11 is 1.76. The zero-order chi connectivity index (χ0) is 27.3. The van der Waals surface area contributed by atoms with Crippen molar-refractivity contribution in [1.29, 1.82) is 0 Å². The highest BCUT2D eigenvalue weighted by molar-refractivity contribution is 8.03. The van der Waals surface area contributed by atoms with Gasteiger partial charge in [0.25, 0.3) is 0 Å². The van der Waals surface area contributed by atoms with E-state index < -0.39 is 0 Å². The number of aliphatic hydroxyl groups excluding tert-OH is 1. The molecule has 1 aliphatic rings. The average Bonchev–Trinajstić information content (AvgIpc) is 3.23. The lowest BCUT2D eigenvalue weighted by atomic mass is 10.1. The number of thioether (sulfide) groups is 1. The molecule has 0 bridgehead atoms. The van der Waals surface area contributed by atoms with Crippen LogP contribution in [-0.2, 0) is 6.54 Å². The maximum absolute atomic E-state index is 9.55. The Balaban J connectivity index is 1.72. The molecule has 8 heteroatoms. The number of rotatable bonds is 12. The molecule has 0 radical (unpaired) electrons. The van der Waals surface area contributed by atoms with Crippen molar-refractivity contribution in [3.05, 3.63) is 59.3 Å². The zero-order valence-electron chi connectivity index (χ0n) is 23.5. The van der Waals surface area contributed by atoms with E-state index in [1.807, 2.05) is 6.07 Å². The summed E-state index contributed by atoms with van der Waals surface area (Å²) in [5.41, 5.74) is 10.6. The number of ether oxygens (including phenoxy) is 1. The van der Waals surface area contributed by atoms with Crippen molar-refractivity contribution in [3.63, 3.8) is 0 Å². The van der Waals surface area contributed by atoms with Crippen LogP contribution >= 0.6 is 11.8 Å². The van der Waals surface area contributed by atoms with E-state index in [9.17, 15) is 5.11 Å². The van der Waals surface area contributed by atoms with Gasteiger partial charge < -0.3 is 29.9 Å². The molecule has 0 atom stereocenters. The molecule has 0 spiro atoms. The van der Waals surface area contributed by atoms with Crippen LogP contribution in [0.4, 0.5) is 11.4 Å². The van der Waals surface area contributed by atoms with Crippen molar-refractivity contribution in [2.45, 2.75) is 24.3 Å². The van der Waals surface area contributed by atoms with Crippen LogP contribution in [-0.4, -0.2) is 77.7 Å². The minimum absolute atomic E-state index is 0.168. The lowest BCUT2D eigenvalue weighted by molar-refractivity contribution is -0.891. The number of nitrogens with two attached hydrogens (primary N) is 1. The molecule has 0 aliphatic carbocycles. The summed E-state index contributed by atoms with van der Waals surface area (Å²) < 4.78 is 8.80. The monoisotopic (exact) mass is 537 g/mol. The lowest BCUT2D eigenvalue weighted by Gasteiger charge is -2.28. The number of methoxy groups -OCH3 is 1. The lowest BCUT2D eigenvalue weighted by Crippen LogP contribution is -2.46. The summed E-state index contributed by atoms with van der Waals surface area (Å²) in [6.45, 7) is 4.68. The van der Waals surface area contributed by atoms with Gasteiger partial charge in [0.05, 0.1) is 56.8 Å². The second-order valence-corrected chi connectivity index (χ2v) is 11.8. The maximum Gasteiger partial charge on any atom is 0.213 e. The third-order valence-electron chi connectivity index (χ3n) is 7.21. The first kappa shape index (κ1) is 28.2. The summed E-state index contributed by atoms with van der Waals surface area (Å²) in [5.74, 6) is 0.856. The quantitative estimate of drug-likeness (QED) is 0.270. The molecule has 1 aromatic heterocycles. The number of nitrogens with zero attached hydrogens (tertiary/aromatic N) is 4. The van der Waals surface area contributed by atoms with Gasteiger partial charge in [0.1, 0.15) is 5.75 Å². The number of anilines is 2. The molecule has 0 amide bonds. The molecule has 1 aliphatic heterocycles. The van der Waals surface area contributed by atoms with Gasteiger partial charge in [-0.15, -0.1) is 0 Å². The normalized spacial score (nSPS) is 14.4. The van der Waals surface area contributed by atoms with Crippen LogP contribution in [0.25, 0.3) is 17.0 Å². The topological polar surface area (TPSA) is 65.8 Å². The van der Waals surface area contributed by atoms with E-state index in [0.29, 0.717) is 13.0 Å². The van der Waals surface area contributed by atoms with Gasteiger partial charge >= 0.3 is 0 Å². The van der Waals surface area contributed by atoms with Crippen molar-refractivity contribution in [3.8, 4) is 5.75 Å². The maximum atomic E-state index is 9.55. The summed E-state index contributed by atoms with van der Waals surface area (Å²) in [6, 6.07) is 15.2.